The van der Waals surface area contributed by atoms with E-state index in [1.54, 1.807) is 0 Å². The summed E-state index contributed by atoms with van der Waals surface area (Å²) in [5, 5.41) is 9.36. The molecule has 0 aliphatic heterocycles. The van der Waals surface area contributed by atoms with Crippen LogP contribution in [0.3, 0.4) is 0 Å². The summed E-state index contributed by atoms with van der Waals surface area (Å²) in [6, 6.07) is 0. The second-order valence-corrected chi connectivity index (χ2v) is 0.910. The quantitative estimate of drug-likeness (QED) is 0.391. The molecule has 53 valence electrons. The summed E-state index contributed by atoms with van der Waals surface area (Å²) in [7, 11) is 0. The molecule has 0 heterocycles. The Kier molecular flexibility index (Phi) is 28.5. The van der Waals surface area contributed by atoms with Crippen LogP contribution < -0.4 is 0 Å². The Morgan fingerprint density at radius 1 is 1.56 bits per heavy atom. The molecule has 0 bridgehead atoms. The topological polar surface area (TPSA) is 43.1 Å². The molecule has 0 aromatic rings. The largest absolute Gasteiger partial charge is 0.337 e. The molecule has 0 aromatic heterocycles. The van der Waals surface area contributed by atoms with E-state index in [9.17, 15) is 10.1 Å². The van der Waals surface area contributed by atoms with Crippen molar-refractivity contribution >= 4 is 0 Å². The normalized spacial score (nSPS) is 6.11. The van der Waals surface area contributed by atoms with E-state index < -0.39 is 0 Å². The van der Waals surface area contributed by atoms with Crippen molar-refractivity contribution in [1.29, 1.82) is 0 Å². The van der Waals surface area contributed by atoms with Gasteiger partial charge in [-0.15, -0.1) is 6.42 Å². The summed E-state index contributed by atoms with van der Waals surface area (Å²) >= 11 is 0. The van der Waals surface area contributed by atoms with E-state index in [1.807, 2.05) is 13.8 Å². The first-order valence-corrected chi connectivity index (χ1v) is 2.68. The van der Waals surface area contributed by atoms with Crippen molar-refractivity contribution < 1.29 is 37.6 Å². The van der Waals surface area contributed by atoms with Gasteiger partial charge in [0.2, 0.25) is 0 Å². The number of nitro groups is 1. The fourth-order valence-electron chi connectivity index (χ4n) is 0.129. The van der Waals surface area contributed by atoms with Crippen LogP contribution >= 0.6 is 0 Å². The van der Waals surface area contributed by atoms with Crippen LogP contribution in [0.2, 0.25) is 0 Å². The molecule has 0 aliphatic carbocycles. The van der Waals surface area contributed by atoms with Gasteiger partial charge in [-0.2, -0.15) is 0 Å². The maximum absolute atomic E-state index is 9.36. The van der Waals surface area contributed by atoms with Gasteiger partial charge >= 0.3 is 0 Å². The number of hydrogen-bond acceptors (Lipinski definition) is 2. The van der Waals surface area contributed by atoms with Gasteiger partial charge in [0.25, 0.3) is 0 Å². The summed E-state index contributed by atoms with van der Waals surface area (Å²) in [6.45, 7) is 7.27. The maximum Gasteiger partial charge on any atom is 0.177 e. The average molecular weight is 207 g/mol. The zero-order chi connectivity index (χ0) is 6.99. The van der Waals surface area contributed by atoms with Crippen molar-refractivity contribution in [3.05, 3.63) is 17.0 Å². The first kappa shape index (κ1) is 16.2. The van der Waals surface area contributed by atoms with E-state index in [4.69, 9.17) is 0 Å². The van der Waals surface area contributed by atoms with Gasteiger partial charge in [-0.05, 0) is 0 Å². The molecule has 0 aromatic carbocycles. The van der Waals surface area contributed by atoms with Crippen LogP contribution in [0.15, 0.2) is 0 Å². The first-order chi connectivity index (χ1) is 3.77. The van der Waals surface area contributed by atoms with E-state index in [1.165, 1.54) is 0 Å². The Labute approximate surface area is 81.2 Å². The molecular weight excluding hydrogens is 195 g/mol. The molecule has 0 unspecified atom stereocenters. The van der Waals surface area contributed by atoms with Crippen molar-refractivity contribution in [2.45, 2.75) is 20.3 Å². The summed E-state index contributed by atoms with van der Waals surface area (Å²) in [4.78, 5) is 8.98. The van der Waals surface area contributed by atoms with E-state index in [0.717, 1.165) is 0 Å². The Balaban J connectivity index is -0.000000109. The van der Waals surface area contributed by atoms with Crippen molar-refractivity contribution in [3.8, 4) is 0 Å². The van der Waals surface area contributed by atoms with Gasteiger partial charge in [-0.3, -0.25) is 10.1 Å². The number of hydrogen-bond donors (Lipinski definition) is 0. The summed E-state index contributed by atoms with van der Waals surface area (Å²) in [6.07, 6.45) is 0.382. The van der Waals surface area contributed by atoms with Gasteiger partial charge in [-0.1, -0.05) is 13.8 Å². The number of rotatable bonds is 2. The minimum absolute atomic E-state index is 0. The summed E-state index contributed by atoms with van der Waals surface area (Å²) in [5.74, 6) is 0. The molecule has 1 radical (unpaired) electrons. The molecule has 0 aliphatic rings. The molecule has 0 rings (SSSR count). The third-order valence-corrected chi connectivity index (χ3v) is 0.341. The van der Waals surface area contributed by atoms with Crippen molar-refractivity contribution in [3.63, 3.8) is 0 Å². The zero-order valence-electron chi connectivity index (χ0n) is 5.96. The Morgan fingerprint density at radius 2 is 1.89 bits per heavy atom. The smallest absolute Gasteiger partial charge is 0.177 e. The van der Waals surface area contributed by atoms with Crippen molar-refractivity contribution in [2.24, 2.45) is 0 Å². The van der Waals surface area contributed by atoms with Gasteiger partial charge in [0.15, 0.2) is 6.54 Å². The predicted octanol–water partition coefficient (Wildman–Crippen LogP) is 1.51. The Hall–Kier alpha value is 0.504. The monoisotopic (exact) mass is 207 g/mol. The van der Waals surface area contributed by atoms with E-state index in [0.29, 0.717) is 6.42 Å². The summed E-state index contributed by atoms with van der Waals surface area (Å²) < 4.78 is 0. The third-order valence-electron chi connectivity index (χ3n) is 0.341. The van der Waals surface area contributed by atoms with Crippen LogP contribution in [-0.2, 0) is 32.7 Å². The van der Waals surface area contributed by atoms with Gasteiger partial charge in [0.05, 0.1) is 0 Å². The van der Waals surface area contributed by atoms with Gasteiger partial charge in [0.1, 0.15) is 0 Å². The van der Waals surface area contributed by atoms with Crippen molar-refractivity contribution in [1.82, 2.24) is 0 Å². The Bertz CT molecular complexity index is 58.9. The summed E-state index contributed by atoms with van der Waals surface area (Å²) in [5.41, 5.74) is 0. The van der Waals surface area contributed by atoms with Crippen molar-refractivity contribution in [2.75, 3.05) is 6.54 Å². The van der Waals surface area contributed by atoms with Crippen LogP contribution in [0.4, 0.5) is 0 Å². The Morgan fingerprint density at radius 3 is 1.89 bits per heavy atom. The molecule has 9 heavy (non-hydrogen) atoms. The minimum atomic E-state index is -0.382. The second-order valence-electron chi connectivity index (χ2n) is 0.910. The molecule has 4 heteroatoms. The minimum Gasteiger partial charge on any atom is -0.337 e. The van der Waals surface area contributed by atoms with Crippen LogP contribution in [0.5, 0.6) is 0 Å². The van der Waals surface area contributed by atoms with Gasteiger partial charge in [-0.25, -0.2) is 0 Å². The molecule has 0 amide bonds. The fraction of sp³-hybridized carbons (Fsp3) is 0.800. The standard InChI is InChI=1S/C3H6NO2.C2H6.Y/c1-2-3-4(5)6;1-2;/h1-3H2;1-2H3;/q-1;;. The number of nitrogens with zero attached hydrogens (tertiary/aromatic N) is 1. The molecule has 0 N–H and O–H groups in total. The first-order valence-electron chi connectivity index (χ1n) is 2.68. The second kappa shape index (κ2) is 15.8. The SMILES string of the molecule is CC.[CH2-]CC[N+](=O)[O-].[Y]. The van der Waals surface area contributed by atoms with E-state index >= 15 is 0 Å². The molecule has 3 nitrogen and oxygen atoms in total. The van der Waals surface area contributed by atoms with Crippen LogP contribution in [-0.4, -0.2) is 11.5 Å². The molecule has 0 saturated heterocycles. The van der Waals surface area contributed by atoms with Gasteiger partial charge < -0.3 is 6.92 Å². The maximum atomic E-state index is 9.36. The molecule has 0 atom stereocenters. The molecule has 0 saturated carbocycles. The molecular formula is C5H12NO2Y-. The van der Waals surface area contributed by atoms with Crippen LogP contribution in [0, 0.1) is 17.0 Å². The van der Waals surface area contributed by atoms with E-state index in [2.05, 4.69) is 6.92 Å². The average Bonchev–Trinajstić information content (AvgIpc) is 1.72. The predicted molar refractivity (Wildman–Crippen MR) is 33.2 cm³/mol. The van der Waals surface area contributed by atoms with E-state index in [-0.39, 0.29) is 44.2 Å². The molecule has 0 spiro atoms. The zero-order valence-corrected chi connectivity index (χ0v) is 8.80. The van der Waals surface area contributed by atoms with Crippen LogP contribution in [0.25, 0.3) is 0 Å². The third kappa shape index (κ3) is 29.3. The van der Waals surface area contributed by atoms with Gasteiger partial charge in [0, 0.05) is 37.6 Å². The molecule has 0 fully saturated rings. The fourth-order valence-corrected chi connectivity index (χ4v) is 0.129. The van der Waals surface area contributed by atoms with Crippen LogP contribution in [0.1, 0.15) is 20.3 Å².